The molecule has 102 valence electrons. The van der Waals surface area contributed by atoms with Gasteiger partial charge in [-0.1, -0.05) is 31.7 Å². The van der Waals surface area contributed by atoms with Crippen molar-refractivity contribution < 1.29 is 19.4 Å². The largest absolute Gasteiger partial charge is 0.365 e. The Labute approximate surface area is 112 Å². The van der Waals surface area contributed by atoms with E-state index in [9.17, 15) is 9.59 Å². The van der Waals surface area contributed by atoms with Crippen LogP contribution < -0.4 is 5.32 Å². The topological polar surface area (TPSA) is 64.6 Å². The molecule has 0 aliphatic rings. The summed E-state index contributed by atoms with van der Waals surface area (Å²) in [6, 6.07) is 8.70. The molecular formula is C14H17NO4. The summed E-state index contributed by atoms with van der Waals surface area (Å²) in [5, 5.41) is 2.67. The number of amides is 1. The quantitative estimate of drug-likeness (QED) is 0.370. The van der Waals surface area contributed by atoms with Crippen molar-refractivity contribution >= 4 is 11.9 Å². The minimum atomic E-state index is -1.09. The average Bonchev–Trinajstić information content (AvgIpc) is 2.45. The van der Waals surface area contributed by atoms with Crippen LogP contribution in [0.15, 0.2) is 43.0 Å². The van der Waals surface area contributed by atoms with Gasteiger partial charge >= 0.3 is 5.97 Å². The Morgan fingerprint density at radius 3 is 2.53 bits per heavy atom. The average molecular weight is 263 g/mol. The number of carbonyl (C=O) groups excluding carboxylic acids is 2. The van der Waals surface area contributed by atoms with Crippen molar-refractivity contribution in [3.63, 3.8) is 0 Å². The number of benzene rings is 1. The molecule has 19 heavy (non-hydrogen) atoms. The third kappa shape index (κ3) is 4.56. The SMILES string of the molecule is C=CC(=O)OOC(C)(CC)NC(=O)c1ccccc1. The second kappa shape index (κ2) is 6.70. The van der Waals surface area contributed by atoms with E-state index in [1.807, 2.05) is 6.07 Å². The van der Waals surface area contributed by atoms with Gasteiger partial charge in [-0.2, -0.15) is 4.89 Å². The molecule has 0 aliphatic heterocycles. The molecule has 0 aliphatic carbocycles. The summed E-state index contributed by atoms with van der Waals surface area (Å²) in [4.78, 5) is 32.4. The maximum Gasteiger partial charge on any atom is 0.365 e. The first-order valence-electron chi connectivity index (χ1n) is 5.90. The molecule has 0 radical (unpaired) electrons. The molecule has 0 aromatic heterocycles. The lowest BCUT2D eigenvalue weighted by molar-refractivity contribution is -0.331. The standard InChI is InChI=1S/C14H17NO4/c1-4-12(16)18-19-14(3,5-2)15-13(17)11-9-7-6-8-10-11/h4,6-10H,1,5H2,2-3H3,(H,15,17). The summed E-state index contributed by atoms with van der Waals surface area (Å²) >= 11 is 0. The number of nitrogens with one attached hydrogen (secondary N) is 1. The Morgan fingerprint density at radius 1 is 1.37 bits per heavy atom. The highest BCUT2D eigenvalue weighted by Gasteiger charge is 2.28. The predicted octanol–water partition coefficient (Wildman–Crippen LogP) is 2.20. The van der Waals surface area contributed by atoms with Crippen molar-refractivity contribution in [1.29, 1.82) is 0 Å². The molecule has 0 saturated carbocycles. The lowest BCUT2D eigenvalue weighted by atomic mass is 10.1. The van der Waals surface area contributed by atoms with Crippen LogP contribution in [0, 0.1) is 0 Å². The fourth-order valence-corrected chi connectivity index (χ4v) is 1.24. The summed E-state index contributed by atoms with van der Waals surface area (Å²) in [5.41, 5.74) is -0.591. The van der Waals surface area contributed by atoms with Gasteiger partial charge in [-0.05, 0) is 25.5 Å². The van der Waals surface area contributed by atoms with Crippen molar-refractivity contribution in [3.8, 4) is 0 Å². The first-order chi connectivity index (χ1) is 9.00. The maximum absolute atomic E-state index is 12.0. The van der Waals surface area contributed by atoms with Crippen molar-refractivity contribution in [3.05, 3.63) is 48.6 Å². The highest BCUT2D eigenvalue weighted by molar-refractivity contribution is 5.94. The second-order valence-corrected chi connectivity index (χ2v) is 4.09. The Kier molecular flexibility index (Phi) is 5.26. The van der Waals surface area contributed by atoms with Crippen LogP contribution >= 0.6 is 0 Å². The van der Waals surface area contributed by atoms with Gasteiger partial charge in [0.05, 0.1) is 0 Å². The van der Waals surface area contributed by atoms with Crippen LogP contribution in [0.4, 0.5) is 0 Å². The lowest BCUT2D eigenvalue weighted by Crippen LogP contribution is -2.48. The molecule has 1 rings (SSSR count). The Hall–Kier alpha value is -2.14. The fraction of sp³-hybridized carbons (Fsp3) is 0.286. The van der Waals surface area contributed by atoms with E-state index >= 15 is 0 Å². The minimum absolute atomic E-state index is 0.306. The molecule has 0 bridgehead atoms. The summed E-state index contributed by atoms with van der Waals surface area (Å²) in [5.74, 6) is -1.02. The van der Waals surface area contributed by atoms with Gasteiger partial charge in [-0.15, -0.1) is 0 Å². The monoisotopic (exact) mass is 263 g/mol. The first kappa shape index (κ1) is 14.9. The molecule has 5 nitrogen and oxygen atoms in total. The molecule has 5 heteroatoms. The summed E-state index contributed by atoms with van der Waals surface area (Å²) in [6.45, 7) is 6.67. The van der Waals surface area contributed by atoms with E-state index in [0.29, 0.717) is 12.0 Å². The normalized spacial score (nSPS) is 13.2. The van der Waals surface area contributed by atoms with Gasteiger partial charge in [0.1, 0.15) is 0 Å². The lowest BCUT2D eigenvalue weighted by Gasteiger charge is -2.27. The summed E-state index contributed by atoms with van der Waals surface area (Å²) in [7, 11) is 0. The molecule has 0 spiro atoms. The van der Waals surface area contributed by atoms with Crippen molar-refractivity contribution in [2.24, 2.45) is 0 Å². The van der Waals surface area contributed by atoms with Crippen LogP contribution in [0.5, 0.6) is 0 Å². The van der Waals surface area contributed by atoms with E-state index in [1.165, 1.54) is 0 Å². The van der Waals surface area contributed by atoms with E-state index in [2.05, 4.69) is 16.8 Å². The molecule has 1 amide bonds. The highest BCUT2D eigenvalue weighted by atomic mass is 17.2. The van der Waals surface area contributed by atoms with E-state index in [-0.39, 0.29) is 5.91 Å². The zero-order valence-corrected chi connectivity index (χ0v) is 11.0. The molecule has 1 unspecified atom stereocenters. The van der Waals surface area contributed by atoms with E-state index in [0.717, 1.165) is 6.08 Å². The van der Waals surface area contributed by atoms with Crippen molar-refractivity contribution in [2.75, 3.05) is 0 Å². The van der Waals surface area contributed by atoms with Gasteiger partial charge in [0.15, 0.2) is 5.72 Å². The Bertz CT molecular complexity index is 458. The second-order valence-electron chi connectivity index (χ2n) is 4.09. The highest BCUT2D eigenvalue weighted by Crippen LogP contribution is 2.13. The zero-order chi connectivity index (χ0) is 14.3. The van der Waals surface area contributed by atoms with Crippen molar-refractivity contribution in [1.82, 2.24) is 5.32 Å². The van der Waals surface area contributed by atoms with Crippen LogP contribution in [0.2, 0.25) is 0 Å². The molecule has 0 heterocycles. The predicted molar refractivity (Wildman–Crippen MR) is 70.0 cm³/mol. The number of rotatable bonds is 6. The minimum Gasteiger partial charge on any atom is -0.321 e. The smallest absolute Gasteiger partial charge is 0.321 e. The maximum atomic E-state index is 12.0. The van der Waals surface area contributed by atoms with Crippen LogP contribution in [0.25, 0.3) is 0 Å². The zero-order valence-electron chi connectivity index (χ0n) is 11.0. The van der Waals surface area contributed by atoms with Gasteiger partial charge in [0.25, 0.3) is 5.91 Å². The van der Waals surface area contributed by atoms with Gasteiger partial charge in [-0.25, -0.2) is 4.79 Å². The number of carbonyl (C=O) groups is 2. The summed E-state index contributed by atoms with van der Waals surface area (Å²) < 4.78 is 0. The number of hydrogen-bond acceptors (Lipinski definition) is 4. The van der Waals surface area contributed by atoms with Gasteiger partial charge in [-0.3, -0.25) is 9.68 Å². The van der Waals surface area contributed by atoms with Crippen molar-refractivity contribution in [2.45, 2.75) is 26.0 Å². The molecular weight excluding hydrogens is 246 g/mol. The Balaban J connectivity index is 2.67. The van der Waals surface area contributed by atoms with Crippen LogP contribution in [-0.2, 0) is 14.6 Å². The summed E-state index contributed by atoms with van der Waals surface area (Å²) in [6.07, 6.45) is 1.41. The van der Waals surface area contributed by atoms with Gasteiger partial charge in [0.2, 0.25) is 0 Å². The van der Waals surface area contributed by atoms with E-state index in [4.69, 9.17) is 4.89 Å². The third-order valence-electron chi connectivity index (χ3n) is 2.56. The molecule has 1 aromatic carbocycles. The molecule has 0 fully saturated rings. The molecule has 1 atom stereocenters. The number of hydrogen-bond donors (Lipinski definition) is 1. The fourth-order valence-electron chi connectivity index (χ4n) is 1.24. The van der Waals surface area contributed by atoms with E-state index < -0.39 is 11.7 Å². The Morgan fingerprint density at radius 2 is 2.00 bits per heavy atom. The van der Waals surface area contributed by atoms with E-state index in [1.54, 1.807) is 38.1 Å². The van der Waals surface area contributed by atoms with Crippen LogP contribution in [0.3, 0.4) is 0 Å². The first-order valence-corrected chi connectivity index (χ1v) is 5.90. The van der Waals surface area contributed by atoms with Gasteiger partial charge in [0, 0.05) is 11.6 Å². The molecule has 1 N–H and O–H groups in total. The molecule has 1 aromatic rings. The molecule has 0 saturated heterocycles. The third-order valence-corrected chi connectivity index (χ3v) is 2.56. The van der Waals surface area contributed by atoms with Crippen LogP contribution in [-0.4, -0.2) is 17.6 Å². The van der Waals surface area contributed by atoms with Crippen LogP contribution in [0.1, 0.15) is 30.6 Å². The van der Waals surface area contributed by atoms with Gasteiger partial charge < -0.3 is 5.32 Å².